The second-order valence-electron chi connectivity index (χ2n) is 7.89. The number of hydrogen-bond acceptors (Lipinski definition) is 3. The summed E-state index contributed by atoms with van der Waals surface area (Å²) in [5, 5.41) is 7.40. The third kappa shape index (κ3) is 4.22. The van der Waals surface area contributed by atoms with Gasteiger partial charge >= 0.3 is 0 Å². The normalized spacial score (nSPS) is 23.9. The molecule has 0 radical (unpaired) electrons. The number of nitrogens with zero attached hydrogens (tertiary/aromatic N) is 1. The third-order valence-electron chi connectivity index (χ3n) is 5.85. The molecule has 2 aliphatic heterocycles. The van der Waals surface area contributed by atoms with Crippen LogP contribution in [0.15, 0.2) is 47.1 Å². The maximum atomic E-state index is 12.6. The van der Waals surface area contributed by atoms with E-state index in [1.807, 2.05) is 43.3 Å². The van der Waals surface area contributed by atoms with Gasteiger partial charge < -0.3 is 20.0 Å². The van der Waals surface area contributed by atoms with Gasteiger partial charge in [0.2, 0.25) is 0 Å². The van der Waals surface area contributed by atoms with Gasteiger partial charge in [-0.25, -0.2) is 0 Å². The number of carbonyl (C=O) groups excluding carboxylic acids is 1. The molecular formula is C22H27N3O2S. The molecule has 28 heavy (non-hydrogen) atoms. The molecule has 0 saturated carbocycles. The van der Waals surface area contributed by atoms with Crippen molar-refractivity contribution in [3.8, 4) is 0 Å². The summed E-state index contributed by atoms with van der Waals surface area (Å²) in [6.07, 6.45) is 7.03. The first-order valence-electron chi connectivity index (χ1n) is 10.1. The molecule has 0 spiro atoms. The first kappa shape index (κ1) is 19.0. The van der Waals surface area contributed by atoms with Gasteiger partial charge in [-0.05, 0) is 75.5 Å². The van der Waals surface area contributed by atoms with Crippen LogP contribution in [0.5, 0.6) is 0 Å². The van der Waals surface area contributed by atoms with Crippen molar-refractivity contribution >= 4 is 23.2 Å². The first-order chi connectivity index (χ1) is 13.6. The average Bonchev–Trinajstić information content (AvgIpc) is 3.19. The van der Waals surface area contributed by atoms with Crippen molar-refractivity contribution in [1.82, 2.24) is 15.5 Å². The van der Waals surface area contributed by atoms with Crippen LogP contribution in [0.25, 0.3) is 0 Å². The molecule has 2 fully saturated rings. The Bertz CT molecular complexity index is 805. The highest BCUT2D eigenvalue weighted by Gasteiger charge is 2.39. The third-order valence-corrected chi connectivity index (χ3v) is 6.21. The van der Waals surface area contributed by atoms with Crippen LogP contribution in [0.2, 0.25) is 0 Å². The molecular weight excluding hydrogens is 370 g/mol. The molecule has 3 atom stereocenters. The summed E-state index contributed by atoms with van der Waals surface area (Å²) >= 11 is 5.70. The van der Waals surface area contributed by atoms with Gasteiger partial charge in [0, 0.05) is 23.7 Å². The highest BCUT2D eigenvalue weighted by molar-refractivity contribution is 7.80. The number of rotatable bonds is 4. The number of furan rings is 1. The van der Waals surface area contributed by atoms with Crippen LogP contribution >= 0.6 is 12.2 Å². The summed E-state index contributed by atoms with van der Waals surface area (Å²) in [4.78, 5) is 15.0. The number of fused-ring (bicyclic) bond motifs is 2. The lowest BCUT2D eigenvalue weighted by Gasteiger charge is -2.50. The molecule has 1 amide bonds. The Kier molecular flexibility index (Phi) is 5.67. The molecule has 1 aromatic heterocycles. The molecule has 4 rings (SSSR count). The molecule has 2 N–H and O–H groups in total. The maximum absolute atomic E-state index is 12.6. The number of thiocarbonyl (C=S) groups is 1. The van der Waals surface area contributed by atoms with Crippen molar-refractivity contribution in [2.75, 3.05) is 0 Å². The van der Waals surface area contributed by atoms with E-state index in [1.165, 1.54) is 6.42 Å². The van der Waals surface area contributed by atoms with Gasteiger partial charge in [-0.1, -0.05) is 17.7 Å². The summed E-state index contributed by atoms with van der Waals surface area (Å²) in [7, 11) is 0. The number of nitrogens with one attached hydrogen (secondary N) is 2. The maximum Gasteiger partial charge on any atom is 0.251 e. The minimum atomic E-state index is 0.0232. The van der Waals surface area contributed by atoms with Gasteiger partial charge in [0.25, 0.3) is 5.91 Å². The van der Waals surface area contributed by atoms with E-state index in [-0.39, 0.29) is 11.9 Å². The Morgan fingerprint density at radius 2 is 1.89 bits per heavy atom. The van der Waals surface area contributed by atoms with E-state index in [1.54, 1.807) is 6.26 Å². The summed E-state index contributed by atoms with van der Waals surface area (Å²) in [6, 6.07) is 12.6. The zero-order chi connectivity index (χ0) is 19.5. The standard InChI is InChI=1S/C22H27N3O2S/c1-15-7-9-16(10-8-15)21(26)24-17-12-18-4-2-5-19(13-17)25(18)22(28)23-14-20-6-3-11-27-20/h3,6-11,17-19H,2,4-5,12-14H2,1H3,(H,23,28)(H,24,26)/t17?,18-,19+. The summed E-state index contributed by atoms with van der Waals surface area (Å²) in [6.45, 7) is 2.64. The van der Waals surface area contributed by atoms with Crippen molar-refractivity contribution in [2.45, 2.75) is 63.7 Å². The van der Waals surface area contributed by atoms with Crippen LogP contribution < -0.4 is 10.6 Å². The van der Waals surface area contributed by atoms with Crippen LogP contribution in [0.1, 0.15) is 53.8 Å². The van der Waals surface area contributed by atoms with Crippen LogP contribution in [0, 0.1) is 6.92 Å². The van der Waals surface area contributed by atoms with Gasteiger partial charge in [0.15, 0.2) is 5.11 Å². The molecule has 1 aromatic carbocycles. The summed E-state index contributed by atoms with van der Waals surface area (Å²) in [5.74, 6) is 0.905. The Morgan fingerprint density at radius 3 is 2.54 bits per heavy atom. The van der Waals surface area contributed by atoms with Gasteiger partial charge in [0.05, 0.1) is 12.8 Å². The van der Waals surface area contributed by atoms with E-state index in [0.717, 1.165) is 47.7 Å². The minimum Gasteiger partial charge on any atom is -0.467 e. The smallest absolute Gasteiger partial charge is 0.251 e. The lowest BCUT2D eigenvalue weighted by atomic mass is 9.82. The van der Waals surface area contributed by atoms with E-state index in [9.17, 15) is 4.79 Å². The zero-order valence-corrected chi connectivity index (χ0v) is 17.0. The molecule has 2 aromatic rings. The topological polar surface area (TPSA) is 57.5 Å². The van der Waals surface area contributed by atoms with Crippen LogP contribution in [0.3, 0.4) is 0 Å². The van der Waals surface area contributed by atoms with E-state index in [0.29, 0.717) is 18.6 Å². The minimum absolute atomic E-state index is 0.0232. The quantitative estimate of drug-likeness (QED) is 0.769. The van der Waals surface area contributed by atoms with Gasteiger partial charge in [-0.2, -0.15) is 0 Å². The lowest BCUT2D eigenvalue weighted by Crippen LogP contribution is -2.60. The second kappa shape index (κ2) is 8.35. The fourth-order valence-corrected chi connectivity index (χ4v) is 4.84. The van der Waals surface area contributed by atoms with E-state index in [2.05, 4.69) is 15.5 Å². The van der Waals surface area contributed by atoms with E-state index in [4.69, 9.17) is 16.6 Å². The molecule has 2 saturated heterocycles. The van der Waals surface area contributed by atoms with Crippen molar-refractivity contribution in [2.24, 2.45) is 0 Å². The summed E-state index contributed by atoms with van der Waals surface area (Å²) < 4.78 is 5.39. The molecule has 5 nitrogen and oxygen atoms in total. The molecule has 6 heteroatoms. The SMILES string of the molecule is Cc1ccc(C(=O)NC2C[C@H]3CCC[C@@H](C2)N3C(=S)NCc2ccco2)cc1. The van der Waals surface area contributed by atoms with Crippen molar-refractivity contribution in [1.29, 1.82) is 0 Å². The number of carbonyl (C=O) groups is 1. The van der Waals surface area contributed by atoms with Crippen molar-refractivity contribution < 1.29 is 9.21 Å². The zero-order valence-electron chi connectivity index (χ0n) is 16.2. The largest absolute Gasteiger partial charge is 0.467 e. The molecule has 0 aliphatic carbocycles. The van der Waals surface area contributed by atoms with Crippen LogP contribution in [-0.4, -0.2) is 34.0 Å². The number of benzene rings is 1. The lowest BCUT2D eigenvalue weighted by molar-refractivity contribution is 0.0739. The average molecular weight is 398 g/mol. The van der Waals surface area contributed by atoms with Gasteiger partial charge in [0.1, 0.15) is 5.76 Å². The predicted octanol–water partition coefficient (Wildman–Crippen LogP) is 3.78. The van der Waals surface area contributed by atoms with E-state index < -0.39 is 0 Å². The Morgan fingerprint density at radius 1 is 1.18 bits per heavy atom. The number of piperidine rings is 2. The highest BCUT2D eigenvalue weighted by Crippen LogP contribution is 2.34. The molecule has 2 aliphatic rings. The summed E-state index contributed by atoms with van der Waals surface area (Å²) in [5.41, 5.74) is 1.89. The highest BCUT2D eigenvalue weighted by atomic mass is 32.1. The van der Waals surface area contributed by atoms with Crippen LogP contribution in [0.4, 0.5) is 0 Å². The fraction of sp³-hybridized carbons (Fsp3) is 0.455. The number of amides is 1. The molecule has 2 bridgehead atoms. The molecule has 148 valence electrons. The monoisotopic (exact) mass is 397 g/mol. The second-order valence-corrected chi connectivity index (χ2v) is 8.28. The molecule has 1 unspecified atom stereocenters. The van der Waals surface area contributed by atoms with Gasteiger partial charge in [-0.15, -0.1) is 0 Å². The predicted molar refractivity (Wildman–Crippen MR) is 113 cm³/mol. The van der Waals surface area contributed by atoms with Crippen molar-refractivity contribution in [3.63, 3.8) is 0 Å². The van der Waals surface area contributed by atoms with Gasteiger partial charge in [-0.3, -0.25) is 4.79 Å². The Hall–Kier alpha value is -2.34. The first-order valence-corrected chi connectivity index (χ1v) is 10.5. The van der Waals surface area contributed by atoms with E-state index >= 15 is 0 Å². The number of hydrogen-bond donors (Lipinski definition) is 2. The van der Waals surface area contributed by atoms with Crippen LogP contribution in [-0.2, 0) is 6.54 Å². The fourth-order valence-electron chi connectivity index (χ4n) is 4.47. The van der Waals surface area contributed by atoms with Crippen molar-refractivity contribution in [3.05, 3.63) is 59.5 Å². The number of aryl methyl sites for hydroxylation is 1. The Labute approximate surface area is 171 Å². The molecule has 3 heterocycles. The Balaban J connectivity index is 1.36.